The fourth-order valence-corrected chi connectivity index (χ4v) is 5.14. The molecule has 1 aromatic heterocycles. The molecule has 2 aromatic carbocycles. The summed E-state index contributed by atoms with van der Waals surface area (Å²) in [6.07, 6.45) is 0. The Morgan fingerprint density at radius 1 is 1.18 bits per heavy atom. The van der Waals surface area contributed by atoms with Gasteiger partial charge in [-0.1, -0.05) is 23.5 Å². The van der Waals surface area contributed by atoms with Crippen LogP contribution in [-0.2, 0) is 10.0 Å². The summed E-state index contributed by atoms with van der Waals surface area (Å²) in [6.45, 7) is 8.20. The first-order valence-electron chi connectivity index (χ1n) is 9.04. The first-order valence-corrected chi connectivity index (χ1v) is 11.3. The summed E-state index contributed by atoms with van der Waals surface area (Å²) in [4.78, 5) is 12.2. The van der Waals surface area contributed by atoms with E-state index >= 15 is 0 Å². The maximum absolute atomic E-state index is 12.6. The van der Waals surface area contributed by atoms with E-state index in [4.69, 9.17) is 4.74 Å². The number of rotatable bonds is 7. The Morgan fingerprint density at radius 3 is 2.64 bits per heavy atom. The molecule has 1 N–H and O–H groups in total. The van der Waals surface area contributed by atoms with Crippen molar-refractivity contribution in [2.45, 2.75) is 38.6 Å². The van der Waals surface area contributed by atoms with E-state index in [-0.39, 0.29) is 29.0 Å². The standard InChI is InChI=1S/C20H24N2O4S2/c1-13(2)22-17-9-8-16(12-19(17)27-20(22)23)28(24,25)21-10-11-26-18-7-5-6-14(3)15(18)4/h5-9,12-13,21H,10-11H2,1-4H3. The van der Waals surface area contributed by atoms with Crippen molar-refractivity contribution in [1.29, 1.82) is 0 Å². The minimum absolute atomic E-state index is 0.0176. The predicted molar refractivity (Wildman–Crippen MR) is 113 cm³/mol. The lowest BCUT2D eigenvalue weighted by molar-refractivity contribution is 0.320. The molecule has 0 atom stereocenters. The van der Waals surface area contributed by atoms with Crippen LogP contribution in [0.4, 0.5) is 0 Å². The fourth-order valence-electron chi connectivity index (χ4n) is 2.97. The molecule has 0 spiro atoms. The Kier molecular flexibility index (Phi) is 5.92. The van der Waals surface area contributed by atoms with Gasteiger partial charge >= 0.3 is 4.87 Å². The number of fused-ring (bicyclic) bond motifs is 1. The van der Waals surface area contributed by atoms with Crippen molar-refractivity contribution in [3.63, 3.8) is 0 Å². The molecule has 1 heterocycles. The highest BCUT2D eigenvalue weighted by Crippen LogP contribution is 2.24. The monoisotopic (exact) mass is 420 g/mol. The number of nitrogens with one attached hydrogen (secondary N) is 1. The molecule has 6 nitrogen and oxygen atoms in total. The van der Waals surface area contributed by atoms with E-state index < -0.39 is 10.0 Å². The summed E-state index contributed by atoms with van der Waals surface area (Å²) in [5, 5.41) is 0. The van der Waals surface area contributed by atoms with Gasteiger partial charge < -0.3 is 4.74 Å². The highest BCUT2D eigenvalue weighted by Gasteiger charge is 2.17. The Bertz CT molecular complexity index is 1160. The minimum Gasteiger partial charge on any atom is -0.492 e. The third kappa shape index (κ3) is 4.14. The van der Waals surface area contributed by atoms with Gasteiger partial charge in [0, 0.05) is 12.6 Å². The number of benzene rings is 2. The highest BCUT2D eigenvalue weighted by atomic mass is 32.2. The van der Waals surface area contributed by atoms with Gasteiger partial charge in [0.05, 0.1) is 15.1 Å². The lowest BCUT2D eigenvalue weighted by Gasteiger charge is -2.12. The van der Waals surface area contributed by atoms with Gasteiger partial charge in [0.25, 0.3) is 0 Å². The first kappa shape index (κ1) is 20.6. The summed E-state index contributed by atoms with van der Waals surface area (Å²) in [6, 6.07) is 10.6. The SMILES string of the molecule is Cc1cccc(OCCNS(=O)(=O)c2ccc3c(c2)sc(=O)n3C(C)C)c1C. The van der Waals surface area contributed by atoms with Crippen LogP contribution < -0.4 is 14.3 Å². The van der Waals surface area contributed by atoms with E-state index in [9.17, 15) is 13.2 Å². The number of aryl methyl sites for hydroxylation is 1. The highest BCUT2D eigenvalue weighted by molar-refractivity contribution is 7.89. The number of sulfonamides is 1. The van der Waals surface area contributed by atoms with Crippen LogP contribution in [-0.4, -0.2) is 26.1 Å². The van der Waals surface area contributed by atoms with Gasteiger partial charge in [0.1, 0.15) is 12.4 Å². The molecule has 0 aliphatic carbocycles. The van der Waals surface area contributed by atoms with Crippen LogP contribution >= 0.6 is 11.3 Å². The molecule has 3 aromatic rings. The molecule has 0 aliphatic heterocycles. The summed E-state index contributed by atoms with van der Waals surface area (Å²) in [7, 11) is -3.68. The van der Waals surface area contributed by atoms with Crippen LogP contribution in [0.15, 0.2) is 46.1 Å². The molecule has 0 amide bonds. The maximum Gasteiger partial charge on any atom is 0.308 e. The zero-order valence-electron chi connectivity index (χ0n) is 16.4. The molecular weight excluding hydrogens is 396 g/mol. The third-order valence-corrected chi connectivity index (χ3v) is 7.00. The quantitative estimate of drug-likeness (QED) is 0.592. The van der Waals surface area contributed by atoms with Gasteiger partial charge in [-0.15, -0.1) is 0 Å². The van der Waals surface area contributed by atoms with Gasteiger partial charge in [-0.3, -0.25) is 9.36 Å². The lowest BCUT2D eigenvalue weighted by Crippen LogP contribution is -2.28. The van der Waals surface area contributed by atoms with Crippen LogP contribution in [0.5, 0.6) is 5.75 Å². The number of thiazole rings is 1. The molecule has 8 heteroatoms. The second kappa shape index (κ2) is 8.06. The number of ether oxygens (including phenoxy) is 1. The van der Waals surface area contributed by atoms with Crippen LogP contribution in [0.3, 0.4) is 0 Å². The zero-order chi connectivity index (χ0) is 20.5. The van der Waals surface area contributed by atoms with Crippen LogP contribution in [0, 0.1) is 13.8 Å². The van der Waals surface area contributed by atoms with Crippen molar-refractivity contribution in [1.82, 2.24) is 9.29 Å². The Hall–Kier alpha value is -2.16. The Morgan fingerprint density at radius 2 is 1.93 bits per heavy atom. The van der Waals surface area contributed by atoms with Crippen molar-refractivity contribution >= 4 is 31.6 Å². The topological polar surface area (TPSA) is 77.4 Å². The summed E-state index contributed by atoms with van der Waals surface area (Å²) in [5.74, 6) is 0.750. The molecule has 0 bridgehead atoms. The van der Waals surface area contributed by atoms with E-state index in [2.05, 4.69) is 4.72 Å². The number of nitrogens with zero attached hydrogens (tertiary/aromatic N) is 1. The molecule has 0 saturated carbocycles. The van der Waals surface area contributed by atoms with Crippen LogP contribution in [0.2, 0.25) is 0 Å². The van der Waals surface area contributed by atoms with Crippen molar-refractivity contribution in [3.05, 3.63) is 57.2 Å². The van der Waals surface area contributed by atoms with Crippen LogP contribution in [0.1, 0.15) is 31.0 Å². The normalized spacial score (nSPS) is 12.0. The second-order valence-electron chi connectivity index (χ2n) is 6.91. The van der Waals surface area contributed by atoms with Gasteiger partial charge in [-0.2, -0.15) is 0 Å². The molecule has 0 aliphatic rings. The third-order valence-electron chi connectivity index (χ3n) is 4.62. The fraction of sp³-hybridized carbons (Fsp3) is 0.350. The summed E-state index contributed by atoms with van der Waals surface area (Å²) < 4.78 is 35.8. The van der Waals surface area contributed by atoms with Crippen molar-refractivity contribution < 1.29 is 13.2 Å². The zero-order valence-corrected chi connectivity index (χ0v) is 18.0. The molecule has 150 valence electrons. The Labute approximate surface area is 168 Å². The maximum atomic E-state index is 12.6. The van der Waals surface area contributed by atoms with Crippen LogP contribution in [0.25, 0.3) is 10.2 Å². The first-order chi connectivity index (χ1) is 13.2. The van der Waals surface area contributed by atoms with E-state index in [1.54, 1.807) is 16.7 Å². The molecule has 28 heavy (non-hydrogen) atoms. The number of hydrogen-bond acceptors (Lipinski definition) is 5. The van der Waals surface area contributed by atoms with E-state index in [0.29, 0.717) is 4.70 Å². The predicted octanol–water partition coefficient (Wildman–Crippen LogP) is 3.62. The van der Waals surface area contributed by atoms with Crippen molar-refractivity contribution in [3.8, 4) is 5.75 Å². The largest absolute Gasteiger partial charge is 0.492 e. The minimum atomic E-state index is -3.68. The molecule has 0 radical (unpaired) electrons. The van der Waals surface area contributed by atoms with Crippen molar-refractivity contribution in [2.24, 2.45) is 0 Å². The smallest absolute Gasteiger partial charge is 0.308 e. The van der Waals surface area contributed by atoms with Gasteiger partial charge in [-0.05, 0) is 63.1 Å². The molecule has 3 rings (SSSR count). The number of aromatic nitrogens is 1. The number of hydrogen-bond donors (Lipinski definition) is 1. The average molecular weight is 421 g/mol. The molecule has 0 fully saturated rings. The Balaban J connectivity index is 1.71. The second-order valence-corrected chi connectivity index (χ2v) is 9.67. The van der Waals surface area contributed by atoms with Gasteiger partial charge in [0.2, 0.25) is 10.0 Å². The van der Waals surface area contributed by atoms with E-state index in [1.807, 2.05) is 45.9 Å². The van der Waals surface area contributed by atoms with E-state index in [0.717, 1.165) is 33.7 Å². The summed E-state index contributed by atoms with van der Waals surface area (Å²) in [5.41, 5.74) is 2.92. The average Bonchev–Trinajstić information content (AvgIpc) is 2.97. The van der Waals surface area contributed by atoms with E-state index in [1.165, 1.54) is 6.07 Å². The van der Waals surface area contributed by atoms with Gasteiger partial charge in [-0.25, -0.2) is 13.1 Å². The van der Waals surface area contributed by atoms with Crippen molar-refractivity contribution in [2.75, 3.05) is 13.2 Å². The molecule has 0 unspecified atom stereocenters. The molecule has 0 saturated heterocycles. The lowest BCUT2D eigenvalue weighted by atomic mass is 10.1. The molecular formula is C20H24N2O4S2. The summed E-state index contributed by atoms with van der Waals surface area (Å²) >= 11 is 1.06. The van der Waals surface area contributed by atoms with Gasteiger partial charge in [0.15, 0.2) is 0 Å².